The third-order valence-corrected chi connectivity index (χ3v) is 5.74. The van der Waals surface area contributed by atoms with Gasteiger partial charge in [0.2, 0.25) is 0 Å². The molecule has 2 fully saturated rings. The highest BCUT2D eigenvalue weighted by Crippen LogP contribution is 2.25. The van der Waals surface area contributed by atoms with E-state index >= 15 is 0 Å². The van der Waals surface area contributed by atoms with Crippen LogP contribution in [0.15, 0.2) is 0 Å². The Morgan fingerprint density at radius 1 is 0.762 bits per heavy atom. The van der Waals surface area contributed by atoms with E-state index in [4.69, 9.17) is 0 Å². The first-order chi connectivity index (χ1) is 8.99. The fraction of sp³-hybridized carbons (Fsp3) is 1.00. The van der Waals surface area contributed by atoms with Gasteiger partial charge in [0.15, 0.2) is 0 Å². The van der Waals surface area contributed by atoms with Crippen LogP contribution in [0.4, 0.5) is 0 Å². The molecule has 21 heavy (non-hydrogen) atoms. The van der Waals surface area contributed by atoms with E-state index in [9.17, 15) is 0 Å². The van der Waals surface area contributed by atoms with Crippen molar-refractivity contribution >= 4 is 0 Å². The van der Waals surface area contributed by atoms with Gasteiger partial charge in [0.05, 0.1) is 53.9 Å². The van der Waals surface area contributed by atoms with E-state index in [1.54, 1.807) is 0 Å². The molecule has 0 aromatic carbocycles. The van der Waals surface area contributed by atoms with Gasteiger partial charge in [-0.2, -0.15) is 0 Å². The van der Waals surface area contributed by atoms with Crippen LogP contribution in [0, 0.1) is 5.92 Å². The molecule has 4 heteroatoms. The maximum Gasteiger partial charge on any atom is 0.0785 e. The third-order valence-electron chi connectivity index (χ3n) is 5.74. The zero-order valence-corrected chi connectivity index (χ0v) is 18.7. The van der Waals surface area contributed by atoms with E-state index in [1.807, 2.05) is 0 Å². The maximum atomic E-state index is 2.49. The number of quaternary nitrogens is 2. The minimum Gasteiger partial charge on any atom is -1.00 e. The van der Waals surface area contributed by atoms with Crippen LogP contribution < -0.4 is 48.0 Å². The molecule has 0 aromatic heterocycles. The zero-order valence-electron chi connectivity index (χ0n) is 14.4. The lowest BCUT2D eigenvalue weighted by Crippen LogP contribution is -3.00. The number of piperidine rings is 2. The van der Waals surface area contributed by atoms with Crippen molar-refractivity contribution in [3.63, 3.8) is 0 Å². The normalized spacial score (nSPS) is 24.7. The monoisotopic (exact) mass is 522 g/mol. The van der Waals surface area contributed by atoms with Gasteiger partial charge in [-0.05, 0) is 57.3 Å². The lowest BCUT2D eigenvalue weighted by molar-refractivity contribution is -0.914. The van der Waals surface area contributed by atoms with E-state index < -0.39 is 0 Å². The molecule has 0 atom stereocenters. The van der Waals surface area contributed by atoms with Gasteiger partial charge in [-0.1, -0.05) is 0 Å². The summed E-state index contributed by atoms with van der Waals surface area (Å²) in [5.74, 6) is 1.04. The second-order valence-electron chi connectivity index (χ2n) is 8.17. The summed E-state index contributed by atoms with van der Waals surface area (Å²) in [7, 11) is 7.26. The first-order valence-corrected chi connectivity index (χ1v) is 8.65. The SMILES string of the molecule is C[N+]1(C)CCC(CCCC[N+]2(C)CCCCC2)CC1.[I-].[I-]. The van der Waals surface area contributed by atoms with E-state index in [2.05, 4.69) is 21.1 Å². The van der Waals surface area contributed by atoms with Crippen LogP contribution in [-0.4, -0.2) is 62.8 Å². The molecule has 0 saturated carbocycles. The molecule has 0 radical (unpaired) electrons. The Labute approximate surface area is 167 Å². The van der Waals surface area contributed by atoms with Crippen LogP contribution in [0.25, 0.3) is 0 Å². The zero-order chi connectivity index (χ0) is 13.8. The van der Waals surface area contributed by atoms with Gasteiger partial charge in [0.1, 0.15) is 0 Å². The molecule has 128 valence electrons. The minimum atomic E-state index is 0. The number of halogens is 2. The number of likely N-dealkylation sites (tertiary alicyclic amines) is 2. The summed E-state index contributed by atoms with van der Waals surface area (Å²) in [5, 5.41) is 0. The number of hydrogen-bond donors (Lipinski definition) is 0. The highest BCUT2D eigenvalue weighted by Gasteiger charge is 2.27. The summed E-state index contributed by atoms with van der Waals surface area (Å²) in [6.07, 6.45) is 11.8. The van der Waals surface area contributed by atoms with Crippen LogP contribution >= 0.6 is 0 Å². The molecule has 0 N–H and O–H groups in total. The number of hydrogen-bond acceptors (Lipinski definition) is 0. The van der Waals surface area contributed by atoms with Crippen molar-refractivity contribution < 1.29 is 56.9 Å². The Hall–Kier alpha value is 1.38. The molecule has 2 heterocycles. The average molecular weight is 522 g/mol. The van der Waals surface area contributed by atoms with Gasteiger partial charge >= 0.3 is 0 Å². The summed E-state index contributed by atoms with van der Waals surface area (Å²) >= 11 is 0. The maximum absolute atomic E-state index is 2.49. The number of nitrogens with zero attached hydrogens (tertiary/aromatic N) is 2. The first kappa shape index (κ1) is 22.4. The molecule has 0 bridgehead atoms. The first-order valence-electron chi connectivity index (χ1n) is 8.65. The van der Waals surface area contributed by atoms with Gasteiger partial charge < -0.3 is 56.9 Å². The summed E-state index contributed by atoms with van der Waals surface area (Å²) in [6, 6.07) is 0. The van der Waals surface area contributed by atoms with E-state index in [0.29, 0.717) is 0 Å². The van der Waals surface area contributed by atoms with Gasteiger partial charge in [-0.3, -0.25) is 0 Å². The molecule has 0 amide bonds. The lowest BCUT2D eigenvalue weighted by atomic mass is 9.90. The Bertz CT molecular complexity index is 266. The number of rotatable bonds is 5. The van der Waals surface area contributed by atoms with Crippen LogP contribution in [0.5, 0.6) is 0 Å². The van der Waals surface area contributed by atoms with E-state index in [0.717, 1.165) is 5.92 Å². The summed E-state index contributed by atoms with van der Waals surface area (Å²) in [6.45, 7) is 7.12. The molecule has 2 aliphatic heterocycles. The van der Waals surface area contributed by atoms with Gasteiger partial charge in [0, 0.05) is 0 Å². The van der Waals surface area contributed by atoms with Crippen LogP contribution in [0.3, 0.4) is 0 Å². The molecular weight excluding hydrogens is 486 g/mol. The molecular formula is C17H36I2N2. The van der Waals surface area contributed by atoms with E-state index in [1.165, 1.54) is 93.1 Å². The van der Waals surface area contributed by atoms with Gasteiger partial charge in [-0.25, -0.2) is 0 Å². The second kappa shape index (κ2) is 10.3. The molecule has 0 aromatic rings. The largest absolute Gasteiger partial charge is 1.00 e. The summed E-state index contributed by atoms with van der Waals surface area (Å²) < 4.78 is 2.63. The minimum absolute atomic E-state index is 0. The topological polar surface area (TPSA) is 0 Å². The average Bonchev–Trinajstić information content (AvgIpc) is 2.37. The molecule has 2 nitrogen and oxygen atoms in total. The van der Waals surface area contributed by atoms with E-state index in [-0.39, 0.29) is 48.0 Å². The molecule has 2 aliphatic rings. The smallest absolute Gasteiger partial charge is 0.0785 e. The lowest BCUT2D eigenvalue weighted by Gasteiger charge is -2.38. The van der Waals surface area contributed by atoms with Crippen molar-refractivity contribution in [3.8, 4) is 0 Å². The van der Waals surface area contributed by atoms with Crippen LogP contribution in [0.1, 0.15) is 51.4 Å². The van der Waals surface area contributed by atoms with Gasteiger partial charge in [0.25, 0.3) is 0 Å². The van der Waals surface area contributed by atoms with Crippen LogP contribution in [-0.2, 0) is 0 Å². The highest BCUT2D eigenvalue weighted by molar-refractivity contribution is 4.64. The Morgan fingerprint density at radius 3 is 1.90 bits per heavy atom. The predicted molar refractivity (Wildman–Crippen MR) is 83.1 cm³/mol. The Balaban J connectivity index is 0.00000200. The Morgan fingerprint density at radius 2 is 1.33 bits per heavy atom. The van der Waals surface area contributed by atoms with Crippen molar-refractivity contribution in [3.05, 3.63) is 0 Å². The fourth-order valence-electron chi connectivity index (χ4n) is 4.03. The van der Waals surface area contributed by atoms with Crippen molar-refractivity contribution in [2.45, 2.75) is 51.4 Å². The van der Waals surface area contributed by atoms with Gasteiger partial charge in [-0.15, -0.1) is 0 Å². The molecule has 0 unspecified atom stereocenters. The quantitative estimate of drug-likeness (QED) is 0.209. The standard InChI is InChI=1S/C17H36N2.2HI/c1-18(2)15-10-17(11-16-18)9-5-8-14-19(3)12-6-4-7-13-19;;/h17H,4-16H2,1-3H3;2*1H/q+2;;/p-2. The van der Waals surface area contributed by atoms with Crippen molar-refractivity contribution in [1.29, 1.82) is 0 Å². The predicted octanol–water partition coefficient (Wildman–Crippen LogP) is -2.72. The van der Waals surface area contributed by atoms with Crippen LogP contribution in [0.2, 0.25) is 0 Å². The number of unbranched alkanes of at least 4 members (excludes halogenated alkanes) is 1. The molecule has 0 aliphatic carbocycles. The molecule has 0 spiro atoms. The summed E-state index contributed by atoms with van der Waals surface area (Å²) in [4.78, 5) is 0. The van der Waals surface area contributed by atoms with Crippen molar-refractivity contribution in [2.75, 3.05) is 53.9 Å². The van der Waals surface area contributed by atoms with Crippen molar-refractivity contribution in [2.24, 2.45) is 5.92 Å². The second-order valence-corrected chi connectivity index (χ2v) is 8.17. The fourth-order valence-corrected chi connectivity index (χ4v) is 4.03. The molecule has 2 saturated heterocycles. The van der Waals surface area contributed by atoms with Crippen molar-refractivity contribution in [1.82, 2.24) is 0 Å². The summed E-state index contributed by atoms with van der Waals surface area (Å²) in [5.41, 5.74) is 0. The highest BCUT2D eigenvalue weighted by atomic mass is 127. The Kier molecular flexibility index (Phi) is 11.0. The molecule has 2 rings (SSSR count). The third kappa shape index (κ3) is 8.15.